The van der Waals surface area contributed by atoms with E-state index in [1.807, 2.05) is 26.8 Å². The van der Waals surface area contributed by atoms with E-state index < -0.39 is 11.4 Å². The first-order valence-electron chi connectivity index (χ1n) is 8.44. The van der Waals surface area contributed by atoms with Gasteiger partial charge in [-0.2, -0.15) is 5.26 Å². The molecule has 0 aliphatic carbocycles. The van der Waals surface area contributed by atoms with Crippen molar-refractivity contribution in [2.75, 3.05) is 0 Å². The number of nitriles is 1. The largest absolute Gasteiger partial charge is 0.480 e. The van der Waals surface area contributed by atoms with Crippen LogP contribution in [-0.4, -0.2) is 14.8 Å². The third-order valence-electron chi connectivity index (χ3n) is 4.13. The standard InChI is InChI=1S/C20H18F2N4O/c1-4-26-18(16-10-5-13(12-23)11-17(16)22)24-25-19(26)20(2,3)27-15-8-6-14(21)7-9-15/h5-11H,4H2,1-3H3. The van der Waals surface area contributed by atoms with Gasteiger partial charge in [0, 0.05) is 6.54 Å². The fourth-order valence-electron chi connectivity index (χ4n) is 2.86. The highest BCUT2D eigenvalue weighted by Crippen LogP contribution is 2.30. The fourth-order valence-corrected chi connectivity index (χ4v) is 2.86. The minimum atomic E-state index is -0.887. The lowest BCUT2D eigenvalue weighted by Gasteiger charge is -2.26. The fraction of sp³-hybridized carbons (Fsp3) is 0.250. The molecule has 0 unspecified atom stereocenters. The number of hydrogen-bond donors (Lipinski definition) is 0. The van der Waals surface area contributed by atoms with Gasteiger partial charge in [0.1, 0.15) is 17.4 Å². The monoisotopic (exact) mass is 368 g/mol. The summed E-state index contributed by atoms with van der Waals surface area (Å²) in [6.45, 7) is 6.01. The normalized spacial score (nSPS) is 11.3. The molecular weight excluding hydrogens is 350 g/mol. The highest BCUT2D eigenvalue weighted by Gasteiger charge is 2.31. The van der Waals surface area contributed by atoms with Crippen LogP contribution in [0.2, 0.25) is 0 Å². The van der Waals surface area contributed by atoms with E-state index in [2.05, 4.69) is 10.2 Å². The Morgan fingerprint density at radius 2 is 1.81 bits per heavy atom. The summed E-state index contributed by atoms with van der Waals surface area (Å²) in [7, 11) is 0. The summed E-state index contributed by atoms with van der Waals surface area (Å²) in [5, 5.41) is 17.3. The number of halogens is 2. The van der Waals surface area contributed by atoms with Gasteiger partial charge in [-0.05, 0) is 63.2 Å². The molecule has 0 aliphatic heterocycles. The van der Waals surface area contributed by atoms with Gasteiger partial charge in [-0.15, -0.1) is 10.2 Å². The molecule has 0 atom stereocenters. The summed E-state index contributed by atoms with van der Waals surface area (Å²) in [5.41, 5.74) is -0.395. The molecule has 138 valence electrons. The number of hydrogen-bond acceptors (Lipinski definition) is 4. The van der Waals surface area contributed by atoms with E-state index >= 15 is 0 Å². The van der Waals surface area contributed by atoms with E-state index in [9.17, 15) is 8.78 Å². The second-order valence-electron chi connectivity index (χ2n) is 6.46. The predicted octanol–water partition coefficient (Wildman–Crippen LogP) is 4.43. The SMILES string of the molecule is CCn1c(-c2ccc(C#N)cc2F)nnc1C(C)(C)Oc1ccc(F)cc1. The van der Waals surface area contributed by atoms with Gasteiger partial charge in [-0.25, -0.2) is 8.78 Å². The van der Waals surface area contributed by atoms with Gasteiger partial charge in [-0.1, -0.05) is 0 Å². The van der Waals surface area contributed by atoms with Crippen molar-refractivity contribution < 1.29 is 13.5 Å². The van der Waals surface area contributed by atoms with Gasteiger partial charge in [-0.3, -0.25) is 0 Å². The Morgan fingerprint density at radius 1 is 1.11 bits per heavy atom. The lowest BCUT2D eigenvalue weighted by molar-refractivity contribution is 0.0939. The van der Waals surface area contributed by atoms with Gasteiger partial charge >= 0.3 is 0 Å². The van der Waals surface area contributed by atoms with Crippen LogP contribution in [0, 0.1) is 23.0 Å². The molecule has 0 saturated carbocycles. The van der Waals surface area contributed by atoms with Crippen LogP contribution in [0.25, 0.3) is 11.4 Å². The molecule has 5 nitrogen and oxygen atoms in total. The highest BCUT2D eigenvalue weighted by atomic mass is 19.1. The number of aromatic nitrogens is 3. The smallest absolute Gasteiger partial charge is 0.177 e. The third kappa shape index (κ3) is 3.65. The first-order chi connectivity index (χ1) is 12.9. The van der Waals surface area contributed by atoms with Gasteiger partial charge in [0.2, 0.25) is 0 Å². The molecule has 0 fully saturated rings. The molecule has 1 heterocycles. The molecule has 0 radical (unpaired) electrons. The molecule has 0 aliphatic rings. The topological polar surface area (TPSA) is 63.7 Å². The summed E-state index contributed by atoms with van der Waals surface area (Å²) in [4.78, 5) is 0. The van der Waals surface area contributed by atoms with Crippen LogP contribution in [0.4, 0.5) is 8.78 Å². The summed E-state index contributed by atoms with van der Waals surface area (Å²) in [5.74, 6) is 0.451. The molecule has 3 rings (SSSR count). The Morgan fingerprint density at radius 3 is 2.41 bits per heavy atom. The first-order valence-corrected chi connectivity index (χ1v) is 8.44. The van der Waals surface area contributed by atoms with E-state index in [4.69, 9.17) is 10.00 Å². The van der Waals surface area contributed by atoms with Crippen molar-refractivity contribution in [1.82, 2.24) is 14.8 Å². The van der Waals surface area contributed by atoms with Crippen LogP contribution in [-0.2, 0) is 12.1 Å². The zero-order valence-electron chi connectivity index (χ0n) is 15.2. The lowest BCUT2D eigenvalue weighted by Crippen LogP contribution is -2.29. The average Bonchev–Trinajstić information content (AvgIpc) is 3.08. The molecule has 0 saturated heterocycles. The van der Waals surface area contributed by atoms with Gasteiger partial charge in [0.15, 0.2) is 17.2 Å². The molecule has 0 spiro atoms. The van der Waals surface area contributed by atoms with E-state index in [1.54, 1.807) is 4.57 Å². The molecule has 7 heteroatoms. The molecular formula is C20H18F2N4O. The van der Waals surface area contributed by atoms with Gasteiger partial charge in [0.05, 0.1) is 17.2 Å². The molecule has 3 aromatic rings. The van der Waals surface area contributed by atoms with Crippen molar-refractivity contribution in [3.05, 3.63) is 65.5 Å². The quantitative estimate of drug-likeness (QED) is 0.668. The summed E-state index contributed by atoms with van der Waals surface area (Å²) < 4.78 is 35.3. The summed E-state index contributed by atoms with van der Waals surface area (Å²) in [6, 6.07) is 11.8. The predicted molar refractivity (Wildman–Crippen MR) is 95.9 cm³/mol. The van der Waals surface area contributed by atoms with Crippen molar-refractivity contribution in [2.24, 2.45) is 0 Å². The zero-order chi connectivity index (χ0) is 19.6. The minimum absolute atomic E-state index is 0.235. The van der Waals surface area contributed by atoms with Gasteiger partial charge < -0.3 is 9.30 Å². The Labute approximate surface area is 155 Å². The second-order valence-corrected chi connectivity index (χ2v) is 6.46. The number of nitrogens with zero attached hydrogens (tertiary/aromatic N) is 4. The van der Waals surface area contributed by atoms with Crippen molar-refractivity contribution >= 4 is 0 Å². The first kappa shape index (κ1) is 18.5. The molecule has 1 aromatic heterocycles. The van der Waals surface area contributed by atoms with E-state index in [1.165, 1.54) is 42.5 Å². The van der Waals surface area contributed by atoms with Crippen LogP contribution < -0.4 is 4.74 Å². The molecule has 0 bridgehead atoms. The Balaban J connectivity index is 2.00. The maximum absolute atomic E-state index is 14.4. The Bertz CT molecular complexity index is 1000. The molecule has 0 amide bonds. The Kier molecular flexibility index (Phi) is 4.91. The zero-order valence-corrected chi connectivity index (χ0v) is 15.2. The number of benzene rings is 2. The Hall–Kier alpha value is -3.27. The molecule has 0 N–H and O–H groups in total. The highest BCUT2D eigenvalue weighted by molar-refractivity contribution is 5.58. The van der Waals surface area contributed by atoms with E-state index in [0.29, 0.717) is 23.9 Å². The van der Waals surface area contributed by atoms with E-state index in [-0.39, 0.29) is 16.9 Å². The minimum Gasteiger partial charge on any atom is -0.480 e. The number of rotatable bonds is 5. The maximum atomic E-state index is 14.4. The van der Waals surface area contributed by atoms with Crippen LogP contribution in [0.3, 0.4) is 0 Å². The van der Waals surface area contributed by atoms with Crippen molar-refractivity contribution in [1.29, 1.82) is 5.26 Å². The number of ether oxygens (including phenoxy) is 1. The average molecular weight is 368 g/mol. The molecule has 27 heavy (non-hydrogen) atoms. The lowest BCUT2D eigenvalue weighted by atomic mass is 10.1. The van der Waals surface area contributed by atoms with Crippen LogP contribution >= 0.6 is 0 Å². The summed E-state index contributed by atoms with van der Waals surface area (Å²) >= 11 is 0. The third-order valence-corrected chi connectivity index (χ3v) is 4.13. The second kappa shape index (κ2) is 7.16. The maximum Gasteiger partial charge on any atom is 0.177 e. The van der Waals surface area contributed by atoms with Crippen molar-refractivity contribution in [2.45, 2.75) is 32.9 Å². The van der Waals surface area contributed by atoms with Gasteiger partial charge in [0.25, 0.3) is 0 Å². The summed E-state index contributed by atoms with van der Waals surface area (Å²) in [6.07, 6.45) is 0. The van der Waals surface area contributed by atoms with Crippen molar-refractivity contribution in [3.8, 4) is 23.2 Å². The van der Waals surface area contributed by atoms with Crippen LogP contribution in [0.5, 0.6) is 5.75 Å². The van der Waals surface area contributed by atoms with Crippen molar-refractivity contribution in [3.63, 3.8) is 0 Å². The van der Waals surface area contributed by atoms with Crippen LogP contribution in [0.1, 0.15) is 32.2 Å². The molecule has 2 aromatic carbocycles. The van der Waals surface area contributed by atoms with E-state index in [0.717, 1.165) is 0 Å². The van der Waals surface area contributed by atoms with Crippen LogP contribution in [0.15, 0.2) is 42.5 Å².